The van der Waals surface area contributed by atoms with Gasteiger partial charge >= 0.3 is 0 Å². The molecule has 0 aliphatic heterocycles. The third-order valence-electron chi connectivity index (χ3n) is 2.47. The zero-order valence-corrected chi connectivity index (χ0v) is 12.0. The molecule has 0 fully saturated rings. The van der Waals surface area contributed by atoms with Crippen molar-refractivity contribution in [2.45, 2.75) is 34.1 Å². The van der Waals surface area contributed by atoms with E-state index in [4.69, 9.17) is 5.73 Å². The lowest BCUT2D eigenvalue weighted by molar-refractivity contribution is 0.389. The summed E-state index contributed by atoms with van der Waals surface area (Å²) in [7, 11) is 0. The fraction of sp³-hybridized carbons (Fsp3) is 0.583. The molecule has 0 aliphatic rings. The monoisotopic (exact) mass is 285 g/mol. The molecule has 1 rings (SSSR count). The normalized spacial score (nSPS) is 11.6. The minimum absolute atomic E-state index is 0.336. The van der Waals surface area contributed by atoms with Gasteiger partial charge in [0.25, 0.3) is 0 Å². The van der Waals surface area contributed by atoms with Crippen molar-refractivity contribution in [2.75, 3.05) is 17.6 Å². The smallest absolute Gasteiger partial charge is 0.140 e. The molecule has 1 aromatic heterocycles. The van der Waals surface area contributed by atoms with E-state index < -0.39 is 0 Å². The Kier molecular flexibility index (Phi) is 4.19. The van der Waals surface area contributed by atoms with Gasteiger partial charge in [-0.1, -0.05) is 20.8 Å². The first-order chi connectivity index (χ1) is 7.31. The number of pyridine rings is 1. The zero-order chi connectivity index (χ0) is 12.3. The molecule has 0 saturated heterocycles. The number of rotatable bonds is 3. The maximum atomic E-state index is 5.77. The molecule has 0 unspecified atom stereocenters. The number of anilines is 2. The Morgan fingerprint density at radius 2 is 2.06 bits per heavy atom. The summed E-state index contributed by atoms with van der Waals surface area (Å²) >= 11 is 3.51. The predicted molar refractivity (Wildman–Crippen MR) is 73.6 cm³/mol. The number of halogens is 1. The molecule has 0 saturated carbocycles. The molecule has 3 nitrogen and oxygen atoms in total. The van der Waals surface area contributed by atoms with Gasteiger partial charge in [0.15, 0.2) is 0 Å². The topological polar surface area (TPSA) is 50.9 Å². The van der Waals surface area contributed by atoms with Gasteiger partial charge in [-0.3, -0.25) is 0 Å². The molecule has 3 N–H and O–H groups in total. The highest BCUT2D eigenvalue weighted by molar-refractivity contribution is 9.10. The molecule has 0 bridgehead atoms. The Labute approximate surface area is 106 Å². The lowest BCUT2D eigenvalue weighted by atomic mass is 9.92. The molecule has 1 aromatic rings. The van der Waals surface area contributed by atoms with Crippen LogP contribution in [0.15, 0.2) is 10.7 Å². The van der Waals surface area contributed by atoms with Crippen molar-refractivity contribution in [3.63, 3.8) is 0 Å². The van der Waals surface area contributed by atoms with Crippen molar-refractivity contribution in [3.8, 4) is 0 Å². The van der Waals surface area contributed by atoms with E-state index >= 15 is 0 Å². The van der Waals surface area contributed by atoms with Crippen molar-refractivity contribution >= 4 is 27.4 Å². The van der Waals surface area contributed by atoms with Gasteiger partial charge in [-0.2, -0.15) is 0 Å². The van der Waals surface area contributed by atoms with Gasteiger partial charge in [0.2, 0.25) is 0 Å². The summed E-state index contributed by atoms with van der Waals surface area (Å²) in [6, 6.07) is 0. The van der Waals surface area contributed by atoms with E-state index in [1.54, 1.807) is 6.20 Å². The average Bonchev–Trinajstić information content (AvgIpc) is 2.16. The summed E-state index contributed by atoms with van der Waals surface area (Å²) in [6.07, 6.45) is 2.80. The second-order valence-electron chi connectivity index (χ2n) is 5.24. The molecule has 0 aliphatic carbocycles. The maximum absolute atomic E-state index is 5.77. The van der Waals surface area contributed by atoms with Crippen LogP contribution in [0.4, 0.5) is 11.5 Å². The minimum Gasteiger partial charge on any atom is -0.397 e. The second kappa shape index (κ2) is 5.04. The molecule has 4 heteroatoms. The van der Waals surface area contributed by atoms with Crippen LogP contribution in [0.1, 0.15) is 32.8 Å². The maximum Gasteiger partial charge on any atom is 0.140 e. The Morgan fingerprint density at radius 1 is 1.44 bits per heavy atom. The number of nitrogens with two attached hydrogens (primary N) is 1. The lowest BCUT2D eigenvalue weighted by Gasteiger charge is -2.19. The third kappa shape index (κ3) is 3.67. The van der Waals surface area contributed by atoms with Gasteiger partial charge in [-0.25, -0.2) is 4.98 Å². The van der Waals surface area contributed by atoms with Crippen LogP contribution >= 0.6 is 15.9 Å². The van der Waals surface area contributed by atoms with E-state index in [2.05, 4.69) is 47.0 Å². The first kappa shape index (κ1) is 13.3. The van der Waals surface area contributed by atoms with Gasteiger partial charge in [0.1, 0.15) is 5.82 Å². The van der Waals surface area contributed by atoms with E-state index in [0.29, 0.717) is 11.1 Å². The molecule has 0 radical (unpaired) electrons. The van der Waals surface area contributed by atoms with E-state index in [1.807, 2.05) is 6.92 Å². The standard InChI is InChI=1S/C12H20BrN3/c1-8-9(14)7-16-11(10(8)13)15-6-5-12(2,3)4/h7H,5-6,14H2,1-4H3,(H,15,16). The predicted octanol–water partition coefficient (Wildman–Crippen LogP) is 3.58. The van der Waals surface area contributed by atoms with Crippen molar-refractivity contribution in [3.05, 3.63) is 16.2 Å². The van der Waals surface area contributed by atoms with Crippen LogP contribution in [-0.4, -0.2) is 11.5 Å². The lowest BCUT2D eigenvalue weighted by Crippen LogP contribution is -2.14. The summed E-state index contributed by atoms with van der Waals surface area (Å²) in [5, 5.41) is 3.32. The van der Waals surface area contributed by atoms with E-state index in [1.165, 1.54) is 0 Å². The first-order valence-corrected chi connectivity index (χ1v) is 6.25. The third-order valence-corrected chi connectivity index (χ3v) is 3.44. The molecular weight excluding hydrogens is 266 g/mol. The van der Waals surface area contributed by atoms with Crippen LogP contribution in [0, 0.1) is 12.3 Å². The Balaban J connectivity index is 2.65. The number of nitrogen functional groups attached to an aromatic ring is 1. The van der Waals surface area contributed by atoms with Crippen molar-refractivity contribution in [1.82, 2.24) is 4.98 Å². The number of hydrogen-bond donors (Lipinski definition) is 2. The van der Waals surface area contributed by atoms with E-state index in [-0.39, 0.29) is 0 Å². The van der Waals surface area contributed by atoms with Gasteiger partial charge in [0, 0.05) is 6.54 Å². The Morgan fingerprint density at radius 3 is 2.62 bits per heavy atom. The van der Waals surface area contributed by atoms with Gasteiger partial charge < -0.3 is 11.1 Å². The number of hydrogen-bond acceptors (Lipinski definition) is 3. The van der Waals surface area contributed by atoms with Crippen LogP contribution < -0.4 is 11.1 Å². The number of aromatic nitrogens is 1. The zero-order valence-electron chi connectivity index (χ0n) is 10.4. The fourth-order valence-electron chi connectivity index (χ4n) is 1.27. The first-order valence-electron chi connectivity index (χ1n) is 5.46. The van der Waals surface area contributed by atoms with Crippen molar-refractivity contribution in [2.24, 2.45) is 5.41 Å². The molecular formula is C12H20BrN3. The summed E-state index contributed by atoms with van der Waals surface area (Å²) in [5.74, 6) is 0.871. The second-order valence-corrected chi connectivity index (χ2v) is 6.03. The van der Waals surface area contributed by atoms with Crippen LogP contribution in [0.25, 0.3) is 0 Å². The molecule has 16 heavy (non-hydrogen) atoms. The Bertz CT molecular complexity index is 369. The fourth-order valence-corrected chi connectivity index (χ4v) is 1.74. The summed E-state index contributed by atoms with van der Waals surface area (Å²) in [6.45, 7) is 9.58. The molecule has 0 spiro atoms. The molecule has 0 amide bonds. The quantitative estimate of drug-likeness (QED) is 0.893. The molecule has 90 valence electrons. The number of nitrogens with one attached hydrogen (secondary N) is 1. The van der Waals surface area contributed by atoms with Gasteiger partial charge in [0.05, 0.1) is 16.4 Å². The van der Waals surface area contributed by atoms with Gasteiger partial charge in [-0.05, 0) is 40.3 Å². The molecule has 1 heterocycles. The van der Waals surface area contributed by atoms with Crippen LogP contribution in [0.2, 0.25) is 0 Å². The van der Waals surface area contributed by atoms with Crippen LogP contribution in [0.5, 0.6) is 0 Å². The summed E-state index contributed by atoms with van der Waals surface area (Å²) in [4.78, 5) is 4.28. The summed E-state index contributed by atoms with van der Waals surface area (Å²) < 4.78 is 0.960. The van der Waals surface area contributed by atoms with E-state index in [9.17, 15) is 0 Å². The largest absolute Gasteiger partial charge is 0.397 e. The van der Waals surface area contributed by atoms with Crippen LogP contribution in [0.3, 0.4) is 0 Å². The van der Waals surface area contributed by atoms with E-state index in [0.717, 1.165) is 28.8 Å². The molecule has 0 aromatic carbocycles. The highest BCUT2D eigenvalue weighted by Gasteiger charge is 2.11. The summed E-state index contributed by atoms with van der Waals surface area (Å²) in [5.41, 5.74) is 7.85. The average molecular weight is 286 g/mol. The highest BCUT2D eigenvalue weighted by Crippen LogP contribution is 2.28. The highest BCUT2D eigenvalue weighted by atomic mass is 79.9. The Hall–Kier alpha value is -0.770. The van der Waals surface area contributed by atoms with Gasteiger partial charge in [-0.15, -0.1) is 0 Å². The SMILES string of the molecule is Cc1c(N)cnc(NCCC(C)(C)C)c1Br. The van der Waals surface area contributed by atoms with Crippen molar-refractivity contribution in [1.29, 1.82) is 0 Å². The number of nitrogens with zero attached hydrogens (tertiary/aromatic N) is 1. The minimum atomic E-state index is 0.336. The van der Waals surface area contributed by atoms with Crippen LogP contribution in [-0.2, 0) is 0 Å². The molecule has 0 atom stereocenters. The van der Waals surface area contributed by atoms with Crippen molar-refractivity contribution < 1.29 is 0 Å².